The van der Waals surface area contributed by atoms with Crippen LogP contribution in [0.5, 0.6) is 0 Å². The van der Waals surface area contributed by atoms with Crippen LogP contribution < -0.4 is 10.9 Å². The molecular formula is C21H26N4O4. The fourth-order valence-electron chi connectivity index (χ4n) is 3.61. The van der Waals surface area contributed by atoms with Crippen molar-refractivity contribution < 1.29 is 9.72 Å². The maximum atomic E-state index is 12.1. The van der Waals surface area contributed by atoms with Crippen LogP contribution in [0.1, 0.15) is 30.9 Å². The number of nitrogens with one attached hydrogen (secondary N) is 1. The Kier molecular flexibility index (Phi) is 6.77. The van der Waals surface area contributed by atoms with Crippen molar-refractivity contribution in [2.24, 2.45) is 5.92 Å². The van der Waals surface area contributed by atoms with E-state index in [2.05, 4.69) is 29.3 Å². The number of piperidine rings is 1. The van der Waals surface area contributed by atoms with Crippen LogP contribution in [0.2, 0.25) is 0 Å². The molecule has 2 aromatic rings. The van der Waals surface area contributed by atoms with Crippen LogP contribution in [0.3, 0.4) is 0 Å². The molecule has 1 N–H and O–H groups in total. The third-order valence-corrected chi connectivity index (χ3v) is 5.15. The molecule has 1 atom stereocenters. The SMILES string of the molecule is CC1CCCN(Cc2ccc(CNC(=O)Cn3cc([N+](=O)[O-])ccc3=O)cc2)C1. The predicted molar refractivity (Wildman–Crippen MR) is 109 cm³/mol. The van der Waals surface area contributed by atoms with E-state index in [1.165, 1.54) is 18.4 Å². The lowest BCUT2D eigenvalue weighted by atomic mass is 9.99. The second kappa shape index (κ2) is 9.47. The molecule has 1 unspecified atom stereocenters. The van der Waals surface area contributed by atoms with Crippen LogP contribution in [0.4, 0.5) is 5.69 Å². The summed E-state index contributed by atoms with van der Waals surface area (Å²) in [6.07, 6.45) is 3.63. The number of benzene rings is 1. The fraction of sp³-hybridized carbons (Fsp3) is 0.429. The minimum absolute atomic E-state index is 0.226. The normalized spacial score (nSPS) is 17.1. The van der Waals surface area contributed by atoms with Gasteiger partial charge in [-0.3, -0.25) is 29.2 Å². The summed E-state index contributed by atoms with van der Waals surface area (Å²) >= 11 is 0. The molecule has 1 aliphatic heterocycles. The van der Waals surface area contributed by atoms with Crippen molar-refractivity contribution in [3.05, 3.63) is 74.2 Å². The van der Waals surface area contributed by atoms with E-state index in [1.807, 2.05) is 12.1 Å². The summed E-state index contributed by atoms with van der Waals surface area (Å²) < 4.78 is 1.04. The number of nitrogens with zero attached hydrogens (tertiary/aromatic N) is 3. The Hall–Kier alpha value is -3.00. The van der Waals surface area contributed by atoms with E-state index in [0.717, 1.165) is 54.0 Å². The smallest absolute Gasteiger partial charge is 0.285 e. The van der Waals surface area contributed by atoms with Gasteiger partial charge in [-0.2, -0.15) is 0 Å². The summed E-state index contributed by atoms with van der Waals surface area (Å²) in [6, 6.07) is 10.3. The maximum Gasteiger partial charge on any atom is 0.285 e. The first-order valence-corrected chi connectivity index (χ1v) is 9.82. The highest BCUT2D eigenvalue weighted by Gasteiger charge is 2.16. The van der Waals surface area contributed by atoms with E-state index in [9.17, 15) is 19.7 Å². The summed E-state index contributed by atoms with van der Waals surface area (Å²) in [7, 11) is 0. The Morgan fingerprint density at radius 3 is 2.62 bits per heavy atom. The van der Waals surface area contributed by atoms with Gasteiger partial charge >= 0.3 is 0 Å². The van der Waals surface area contributed by atoms with Crippen LogP contribution in [-0.2, 0) is 24.4 Å². The van der Waals surface area contributed by atoms with Crippen molar-refractivity contribution in [1.82, 2.24) is 14.8 Å². The number of likely N-dealkylation sites (tertiary alicyclic amines) is 1. The summed E-state index contributed by atoms with van der Waals surface area (Å²) in [5.74, 6) is 0.371. The molecule has 0 aliphatic carbocycles. The first-order chi connectivity index (χ1) is 13.9. The number of carbonyl (C=O) groups excluding carboxylic acids is 1. The van der Waals surface area contributed by atoms with Gasteiger partial charge in [0, 0.05) is 31.8 Å². The van der Waals surface area contributed by atoms with Gasteiger partial charge in [0.1, 0.15) is 6.54 Å². The first-order valence-electron chi connectivity index (χ1n) is 9.82. The Morgan fingerprint density at radius 2 is 1.93 bits per heavy atom. The summed E-state index contributed by atoms with van der Waals surface area (Å²) in [4.78, 5) is 36.6. The fourth-order valence-corrected chi connectivity index (χ4v) is 3.61. The van der Waals surface area contributed by atoms with Crippen LogP contribution in [0.25, 0.3) is 0 Å². The molecule has 8 nitrogen and oxygen atoms in total. The lowest BCUT2D eigenvalue weighted by Gasteiger charge is -2.30. The number of pyridine rings is 1. The molecule has 1 amide bonds. The van der Waals surface area contributed by atoms with E-state index in [-0.39, 0.29) is 18.1 Å². The van der Waals surface area contributed by atoms with Crippen LogP contribution in [0.15, 0.2) is 47.4 Å². The standard InChI is InChI=1S/C21H26N4O4/c1-16-3-2-10-23(12-16)13-18-6-4-17(5-7-18)11-22-20(26)15-24-14-19(25(28)29)8-9-21(24)27/h4-9,14,16H,2-3,10-13,15H2,1H3,(H,22,26). The number of rotatable bonds is 7. The number of carbonyl (C=O) groups is 1. The van der Waals surface area contributed by atoms with Crippen molar-refractivity contribution in [3.63, 3.8) is 0 Å². The number of nitro groups is 1. The number of aromatic nitrogens is 1. The van der Waals surface area contributed by atoms with Gasteiger partial charge in [0.05, 0.1) is 11.1 Å². The van der Waals surface area contributed by atoms with Gasteiger partial charge in [-0.1, -0.05) is 31.2 Å². The molecule has 1 aliphatic rings. The molecule has 0 saturated carbocycles. The summed E-state index contributed by atoms with van der Waals surface area (Å²) in [5.41, 5.74) is 1.52. The summed E-state index contributed by atoms with van der Waals surface area (Å²) in [6.45, 7) is 5.58. The van der Waals surface area contributed by atoms with E-state index < -0.39 is 10.5 Å². The predicted octanol–water partition coefficient (Wildman–Crippen LogP) is 2.30. The average Bonchev–Trinajstić information content (AvgIpc) is 2.69. The maximum absolute atomic E-state index is 12.1. The number of hydrogen-bond acceptors (Lipinski definition) is 5. The van der Waals surface area contributed by atoms with E-state index >= 15 is 0 Å². The second-order valence-corrected chi connectivity index (χ2v) is 7.69. The van der Waals surface area contributed by atoms with Crippen molar-refractivity contribution in [1.29, 1.82) is 0 Å². The monoisotopic (exact) mass is 398 g/mol. The van der Waals surface area contributed by atoms with Crippen molar-refractivity contribution in [2.75, 3.05) is 13.1 Å². The highest BCUT2D eigenvalue weighted by atomic mass is 16.6. The van der Waals surface area contributed by atoms with Crippen molar-refractivity contribution in [2.45, 2.75) is 39.4 Å². The van der Waals surface area contributed by atoms with E-state index in [1.54, 1.807) is 0 Å². The van der Waals surface area contributed by atoms with Gasteiger partial charge in [-0.25, -0.2) is 0 Å². The lowest BCUT2D eigenvalue weighted by molar-refractivity contribution is -0.385. The van der Waals surface area contributed by atoms with Crippen LogP contribution in [-0.4, -0.2) is 33.4 Å². The Labute approximate surface area is 169 Å². The van der Waals surface area contributed by atoms with Crippen molar-refractivity contribution in [3.8, 4) is 0 Å². The molecule has 29 heavy (non-hydrogen) atoms. The quantitative estimate of drug-likeness (QED) is 0.570. The Morgan fingerprint density at radius 1 is 1.21 bits per heavy atom. The minimum atomic E-state index is -0.597. The zero-order valence-corrected chi connectivity index (χ0v) is 16.5. The largest absolute Gasteiger partial charge is 0.350 e. The molecule has 0 bridgehead atoms. The van der Waals surface area contributed by atoms with Crippen LogP contribution >= 0.6 is 0 Å². The molecular weight excluding hydrogens is 372 g/mol. The molecule has 154 valence electrons. The van der Waals surface area contributed by atoms with Crippen molar-refractivity contribution >= 4 is 11.6 Å². The third-order valence-electron chi connectivity index (χ3n) is 5.15. The van der Waals surface area contributed by atoms with Gasteiger partial charge in [-0.05, 0) is 36.4 Å². The van der Waals surface area contributed by atoms with Gasteiger partial charge in [0.25, 0.3) is 11.2 Å². The lowest BCUT2D eigenvalue weighted by Crippen LogP contribution is -2.33. The number of hydrogen-bond donors (Lipinski definition) is 1. The highest BCUT2D eigenvalue weighted by molar-refractivity contribution is 5.75. The Balaban J connectivity index is 1.51. The topological polar surface area (TPSA) is 97.5 Å². The first kappa shape index (κ1) is 20.7. The average molecular weight is 398 g/mol. The van der Waals surface area contributed by atoms with Gasteiger partial charge in [0.2, 0.25) is 5.91 Å². The minimum Gasteiger partial charge on any atom is -0.350 e. The zero-order chi connectivity index (χ0) is 20.8. The molecule has 2 heterocycles. The Bertz CT molecular complexity index is 923. The summed E-state index contributed by atoms with van der Waals surface area (Å²) in [5, 5.41) is 13.6. The third kappa shape index (κ3) is 5.99. The molecule has 1 aromatic heterocycles. The molecule has 3 rings (SSSR count). The molecule has 1 saturated heterocycles. The van der Waals surface area contributed by atoms with Gasteiger partial charge in [-0.15, -0.1) is 0 Å². The molecule has 0 radical (unpaired) electrons. The van der Waals surface area contributed by atoms with Gasteiger partial charge < -0.3 is 5.32 Å². The van der Waals surface area contributed by atoms with E-state index in [4.69, 9.17) is 0 Å². The highest BCUT2D eigenvalue weighted by Crippen LogP contribution is 2.18. The van der Waals surface area contributed by atoms with Gasteiger partial charge in [0.15, 0.2) is 0 Å². The molecule has 0 spiro atoms. The van der Waals surface area contributed by atoms with Crippen LogP contribution in [0, 0.1) is 16.0 Å². The molecule has 8 heteroatoms. The molecule has 1 aromatic carbocycles. The second-order valence-electron chi connectivity index (χ2n) is 7.69. The zero-order valence-electron chi connectivity index (χ0n) is 16.5. The number of amides is 1. The van der Waals surface area contributed by atoms with E-state index in [0.29, 0.717) is 6.54 Å². The molecule has 1 fully saturated rings.